The normalized spacial score (nSPS) is 14.4. The highest BCUT2D eigenvalue weighted by Gasteiger charge is 2.41. The van der Waals surface area contributed by atoms with Gasteiger partial charge in [0.15, 0.2) is 0 Å². The fraction of sp³-hybridized carbons (Fsp3) is 0.100. The molecule has 124 heavy (non-hydrogen) atoms. The molecule has 586 valence electrons. The number of aromatic amines is 2. The highest BCUT2D eigenvalue weighted by molar-refractivity contribution is 6.22. The van der Waals surface area contributed by atoms with Gasteiger partial charge in [0.25, 0.3) is 0 Å². The molecular formula is C120H86N4. The summed E-state index contributed by atoms with van der Waals surface area (Å²) in [6.07, 6.45) is 0. The second-order valence-electron chi connectivity index (χ2n) is 37.1. The van der Waals surface area contributed by atoms with Gasteiger partial charge in [-0.1, -0.05) is 395 Å². The van der Waals surface area contributed by atoms with Crippen molar-refractivity contribution in [3.63, 3.8) is 0 Å². The van der Waals surface area contributed by atoms with Gasteiger partial charge in [-0.3, -0.25) is 0 Å². The molecule has 2 aromatic heterocycles. The van der Waals surface area contributed by atoms with Crippen LogP contribution in [0.1, 0.15) is 99.9 Å². The third-order valence-electron chi connectivity index (χ3n) is 29.1. The van der Waals surface area contributed by atoms with Crippen LogP contribution < -0.4 is 0 Å². The lowest BCUT2D eigenvalue weighted by Crippen LogP contribution is -2.14. The van der Waals surface area contributed by atoms with Crippen molar-refractivity contribution in [3.05, 3.63) is 408 Å². The van der Waals surface area contributed by atoms with E-state index in [1.165, 1.54) is 111 Å². The summed E-state index contributed by atoms with van der Waals surface area (Å²) in [6, 6.07) is 137. The van der Waals surface area contributed by atoms with E-state index in [-0.39, 0.29) is 21.7 Å². The Hall–Kier alpha value is -14.8. The molecule has 0 unspecified atom stereocenters. The zero-order valence-corrected chi connectivity index (χ0v) is 70.5. The molecule has 7 aliphatic rings. The maximum atomic E-state index is 6.36. The summed E-state index contributed by atoms with van der Waals surface area (Å²) < 4.78 is 0. The molecule has 0 saturated carbocycles. The fourth-order valence-electron chi connectivity index (χ4n) is 22.6. The fourth-order valence-corrected chi connectivity index (χ4v) is 22.6. The molecule has 8 bridgehead atoms. The van der Waals surface area contributed by atoms with E-state index >= 15 is 0 Å². The number of benzene rings is 16. The number of hydrogen-bond acceptors (Lipinski definition) is 2. The second-order valence-corrected chi connectivity index (χ2v) is 37.1. The zero-order valence-electron chi connectivity index (χ0n) is 70.5. The van der Waals surface area contributed by atoms with Gasteiger partial charge in [-0.15, -0.1) is 0 Å². The number of aromatic nitrogens is 4. The van der Waals surface area contributed by atoms with E-state index in [1.54, 1.807) is 0 Å². The zero-order chi connectivity index (χ0) is 83.0. The Bertz CT molecular complexity index is 7110. The smallest absolute Gasteiger partial charge is 0.0816 e. The van der Waals surface area contributed by atoms with E-state index in [0.29, 0.717) is 0 Å². The molecule has 5 aliphatic carbocycles. The number of rotatable bonds is 8. The average Bonchev–Trinajstić information content (AvgIpc) is 1.52. The van der Waals surface area contributed by atoms with Gasteiger partial charge in [0.1, 0.15) is 0 Å². The summed E-state index contributed by atoms with van der Waals surface area (Å²) in [5, 5.41) is 4.29. The monoisotopic (exact) mass is 1580 g/mol. The van der Waals surface area contributed by atoms with E-state index in [2.05, 4.69) is 429 Å². The Morgan fingerprint density at radius 3 is 0.548 bits per heavy atom. The molecule has 0 saturated heterocycles. The number of H-pyrrole nitrogens is 2. The maximum absolute atomic E-state index is 6.36. The number of hydrogen-bond donors (Lipinski definition) is 2. The van der Waals surface area contributed by atoms with E-state index in [1.807, 2.05) is 0 Å². The molecule has 4 heterocycles. The molecule has 16 aromatic carbocycles. The Kier molecular flexibility index (Phi) is 15.3. The van der Waals surface area contributed by atoms with Crippen molar-refractivity contribution in [2.75, 3.05) is 0 Å². The van der Waals surface area contributed by atoms with Gasteiger partial charge in [0.05, 0.1) is 44.8 Å². The third kappa shape index (κ3) is 10.4. The molecule has 25 rings (SSSR count). The lowest BCUT2D eigenvalue weighted by Gasteiger charge is -2.22. The van der Waals surface area contributed by atoms with Gasteiger partial charge in [0.2, 0.25) is 0 Å². The van der Waals surface area contributed by atoms with Gasteiger partial charge in [-0.25, -0.2) is 9.97 Å². The van der Waals surface area contributed by atoms with Crippen LogP contribution in [0.15, 0.2) is 364 Å². The van der Waals surface area contributed by atoms with Crippen molar-refractivity contribution in [1.82, 2.24) is 19.9 Å². The minimum absolute atomic E-state index is 0.158. The standard InChI is InChI=1S/C120H86N4/c1-117(2)97-37-21-17-25-81(97)85-61-57-77(65-101(85)117)69-41-49-73(50-42-69)105-109-89-29-9-11-31-91(89)111(121-109)106(74-51-43-70(44-52-74)78-58-62-86-82-26-18-22-38-98(82)118(3,4)102(86)66-78)113-93-33-13-15-35-95(93)115(123-113)108(76-55-47-72(48-56-76)80-60-64-88-84-28-20-24-40-100(84)120(7,8)104(88)68-80)116-96-36-16-14-34-94(96)114(124-116)107(112-92-32-12-10-30-90(92)110(105)122-112)75-53-45-71(46-54-75)79-59-63-87-83-27-19-23-39-99(83)119(5,6)103(87)67-79/h9-68,121,124H,1-8H3. The van der Waals surface area contributed by atoms with Crippen LogP contribution in [-0.2, 0) is 21.7 Å². The van der Waals surface area contributed by atoms with Crippen molar-refractivity contribution in [2.45, 2.75) is 77.0 Å². The first kappa shape index (κ1) is 72.0. The number of nitrogens with zero attached hydrogens (tertiary/aromatic N) is 2. The first-order valence-electron chi connectivity index (χ1n) is 43.8. The third-order valence-corrected chi connectivity index (χ3v) is 29.1. The van der Waals surface area contributed by atoms with Crippen LogP contribution in [0.5, 0.6) is 0 Å². The summed E-state index contributed by atoms with van der Waals surface area (Å²) in [6.45, 7) is 19.0. The highest BCUT2D eigenvalue weighted by Crippen LogP contribution is 2.58. The number of fused-ring (bicyclic) bond motifs is 12. The minimum Gasteiger partial charge on any atom is -0.353 e. The van der Waals surface area contributed by atoms with Crippen LogP contribution in [0.3, 0.4) is 0 Å². The topological polar surface area (TPSA) is 57.4 Å². The van der Waals surface area contributed by atoms with Crippen molar-refractivity contribution in [1.29, 1.82) is 0 Å². The molecule has 2 aliphatic heterocycles. The van der Waals surface area contributed by atoms with Crippen LogP contribution in [0.25, 0.3) is 222 Å². The van der Waals surface area contributed by atoms with Crippen molar-refractivity contribution >= 4 is 43.6 Å². The predicted molar refractivity (Wildman–Crippen MR) is 519 cm³/mol. The van der Waals surface area contributed by atoms with Crippen LogP contribution in [0.4, 0.5) is 0 Å². The molecule has 2 N–H and O–H groups in total. The summed E-state index contributed by atoms with van der Waals surface area (Å²) in [5.41, 5.74) is 49.7. The molecule has 0 radical (unpaired) electrons. The van der Waals surface area contributed by atoms with Gasteiger partial charge in [-0.05, 0) is 180 Å². The van der Waals surface area contributed by atoms with Gasteiger partial charge >= 0.3 is 0 Å². The van der Waals surface area contributed by atoms with E-state index in [4.69, 9.17) is 9.97 Å². The summed E-state index contributed by atoms with van der Waals surface area (Å²) >= 11 is 0. The maximum Gasteiger partial charge on any atom is 0.0816 e. The van der Waals surface area contributed by atoms with Gasteiger partial charge < -0.3 is 9.97 Å². The Labute approximate surface area is 722 Å². The summed E-state index contributed by atoms with van der Waals surface area (Å²) in [4.78, 5) is 21.5. The second kappa shape index (κ2) is 26.3. The van der Waals surface area contributed by atoms with Crippen LogP contribution in [0, 0.1) is 0 Å². The first-order valence-corrected chi connectivity index (χ1v) is 43.8. The summed E-state index contributed by atoms with van der Waals surface area (Å²) in [5.74, 6) is 0. The Morgan fingerprint density at radius 2 is 0.331 bits per heavy atom. The molecule has 0 amide bonds. The largest absolute Gasteiger partial charge is 0.353 e. The van der Waals surface area contributed by atoms with Gasteiger partial charge in [0, 0.05) is 87.7 Å². The quantitative estimate of drug-likeness (QED) is 0.159. The van der Waals surface area contributed by atoms with E-state index in [0.717, 1.165) is 155 Å². The summed E-state index contributed by atoms with van der Waals surface area (Å²) in [7, 11) is 0. The van der Waals surface area contributed by atoms with Crippen molar-refractivity contribution in [2.24, 2.45) is 0 Å². The lowest BCUT2D eigenvalue weighted by atomic mass is 9.81. The van der Waals surface area contributed by atoms with E-state index in [9.17, 15) is 0 Å². The molecule has 0 fully saturated rings. The molecular weight excluding hydrogens is 1500 g/mol. The first-order chi connectivity index (χ1) is 60.5. The molecule has 0 atom stereocenters. The number of nitrogens with one attached hydrogen (secondary N) is 2. The highest BCUT2D eigenvalue weighted by atomic mass is 14.8. The minimum atomic E-state index is -0.158. The molecule has 4 heteroatoms. The Morgan fingerprint density at radius 1 is 0.161 bits per heavy atom. The Balaban J connectivity index is 0.782. The van der Waals surface area contributed by atoms with Gasteiger partial charge in [-0.2, -0.15) is 0 Å². The molecule has 18 aromatic rings. The predicted octanol–water partition coefficient (Wildman–Crippen LogP) is 31.9. The van der Waals surface area contributed by atoms with Crippen LogP contribution in [0.2, 0.25) is 0 Å². The van der Waals surface area contributed by atoms with Crippen molar-refractivity contribution in [3.8, 4) is 179 Å². The SMILES string of the molecule is CC1(C)c2ccccc2-c2ccc(-c3ccc(-c4c5nc(c(-c6ccc(-c7ccc8c(c7)C(C)(C)c7ccccc7-8)cc6)c6[nH]c(c(-c7ccc(-c8ccc9c(c8)C(C)(C)c8ccccc8-9)cc7)c7nc(c(-c8ccc(-c9ccc%10c(c9)C(C)(C)c9ccccc9-%10)cc8)c8[nH]c4c4ccccc84)-c4ccccc4-7)c4ccccc64)-c4ccccc4-5)cc3)cc21. The average molecular weight is 1580 g/mol. The van der Waals surface area contributed by atoms with Crippen molar-refractivity contribution < 1.29 is 0 Å². The van der Waals surface area contributed by atoms with Crippen LogP contribution >= 0.6 is 0 Å². The van der Waals surface area contributed by atoms with Crippen LogP contribution in [-0.4, -0.2) is 19.9 Å². The molecule has 4 nitrogen and oxygen atoms in total. The lowest BCUT2D eigenvalue weighted by molar-refractivity contribution is 0.660. The molecule has 0 spiro atoms. The van der Waals surface area contributed by atoms with E-state index < -0.39 is 0 Å².